The van der Waals surface area contributed by atoms with Gasteiger partial charge in [-0.25, -0.2) is 0 Å². The first-order chi connectivity index (χ1) is 11.0. The fourth-order valence-corrected chi connectivity index (χ4v) is 1.92. The molecule has 23 heavy (non-hydrogen) atoms. The third-order valence-corrected chi connectivity index (χ3v) is 3.24. The highest BCUT2D eigenvalue weighted by molar-refractivity contribution is 5.78. The van der Waals surface area contributed by atoms with Gasteiger partial charge in [0.05, 0.1) is 11.4 Å². The molecule has 2 aromatic rings. The Morgan fingerprint density at radius 3 is 2.26 bits per heavy atom. The average molecular weight is 316 g/mol. The lowest BCUT2D eigenvalue weighted by Crippen LogP contribution is -2.30. The Kier molecular flexibility index (Phi) is 5.46. The van der Waals surface area contributed by atoms with E-state index >= 15 is 0 Å². The van der Waals surface area contributed by atoms with Crippen molar-refractivity contribution >= 4 is 5.91 Å². The molecule has 1 amide bonds. The lowest BCUT2D eigenvalue weighted by Gasteiger charge is -2.11. The predicted octanol–water partition coefficient (Wildman–Crippen LogP) is 2.04. The summed E-state index contributed by atoms with van der Waals surface area (Å²) in [4.78, 5) is 15.3. The summed E-state index contributed by atoms with van der Waals surface area (Å²) in [5, 5.41) is 8.10. The summed E-state index contributed by atoms with van der Waals surface area (Å²) in [6, 6.07) is 6.97. The second-order valence-corrected chi connectivity index (χ2v) is 4.93. The van der Waals surface area contributed by atoms with E-state index < -0.39 is 12.0 Å². The zero-order chi connectivity index (χ0) is 16.8. The van der Waals surface area contributed by atoms with E-state index in [0.29, 0.717) is 11.5 Å². The molecule has 1 aromatic heterocycles. The van der Waals surface area contributed by atoms with Crippen molar-refractivity contribution < 1.29 is 14.3 Å². The van der Waals surface area contributed by atoms with E-state index in [2.05, 4.69) is 15.2 Å². The number of hydrogen-bond acceptors (Lipinski definition) is 6. The van der Waals surface area contributed by atoms with Crippen LogP contribution in [0.3, 0.4) is 0 Å². The van der Waals surface area contributed by atoms with Crippen molar-refractivity contribution in [3.05, 3.63) is 35.7 Å². The molecule has 0 bridgehead atoms. The maximum atomic E-state index is 11.0. The standard InChI is InChI=1S/C16H20N4O3/c1-4-13-14(5-2)19-20-16(18-13)23-12-8-6-11(7-9-12)22-10(3)15(17)21/h6-10H,4-5H2,1-3H3,(H2,17,21)/t10-/m1/s1. The first-order valence-electron chi connectivity index (χ1n) is 7.49. The molecule has 1 aromatic carbocycles. The molecule has 0 aliphatic rings. The maximum absolute atomic E-state index is 11.0. The van der Waals surface area contributed by atoms with E-state index in [9.17, 15) is 4.79 Å². The monoisotopic (exact) mass is 316 g/mol. The van der Waals surface area contributed by atoms with Crippen molar-refractivity contribution in [2.24, 2.45) is 5.73 Å². The van der Waals surface area contributed by atoms with Crippen LogP contribution in [0.4, 0.5) is 0 Å². The van der Waals surface area contributed by atoms with Crippen LogP contribution in [-0.2, 0) is 17.6 Å². The molecule has 0 fully saturated rings. The number of ether oxygens (including phenoxy) is 2. The van der Waals surface area contributed by atoms with Crippen molar-refractivity contribution in [1.82, 2.24) is 15.2 Å². The summed E-state index contributed by atoms with van der Waals surface area (Å²) < 4.78 is 11.0. The molecular weight excluding hydrogens is 296 g/mol. The molecule has 0 radical (unpaired) electrons. The smallest absolute Gasteiger partial charge is 0.341 e. The summed E-state index contributed by atoms with van der Waals surface area (Å²) >= 11 is 0. The molecule has 0 spiro atoms. The summed E-state index contributed by atoms with van der Waals surface area (Å²) in [7, 11) is 0. The number of rotatable bonds is 7. The van der Waals surface area contributed by atoms with Crippen molar-refractivity contribution in [3.8, 4) is 17.5 Å². The predicted molar refractivity (Wildman–Crippen MR) is 84.4 cm³/mol. The molecule has 0 unspecified atom stereocenters. The minimum absolute atomic E-state index is 0.207. The van der Waals surface area contributed by atoms with Crippen LogP contribution < -0.4 is 15.2 Å². The highest BCUT2D eigenvalue weighted by atomic mass is 16.5. The van der Waals surface area contributed by atoms with E-state index in [-0.39, 0.29) is 6.01 Å². The van der Waals surface area contributed by atoms with E-state index in [1.54, 1.807) is 31.2 Å². The van der Waals surface area contributed by atoms with Gasteiger partial charge in [0.25, 0.3) is 5.91 Å². The van der Waals surface area contributed by atoms with Gasteiger partial charge in [-0.05, 0) is 44.0 Å². The fraction of sp³-hybridized carbons (Fsp3) is 0.375. The van der Waals surface area contributed by atoms with Crippen LogP contribution in [0.1, 0.15) is 32.2 Å². The number of primary amides is 1. The maximum Gasteiger partial charge on any atom is 0.341 e. The van der Waals surface area contributed by atoms with Gasteiger partial charge in [-0.2, -0.15) is 4.98 Å². The highest BCUT2D eigenvalue weighted by Gasteiger charge is 2.11. The van der Waals surface area contributed by atoms with Crippen molar-refractivity contribution in [2.75, 3.05) is 0 Å². The van der Waals surface area contributed by atoms with Crippen LogP contribution in [0, 0.1) is 0 Å². The largest absolute Gasteiger partial charge is 0.481 e. The number of nitrogens with two attached hydrogens (primary N) is 1. The molecule has 2 N–H and O–H groups in total. The first kappa shape index (κ1) is 16.7. The normalized spacial score (nSPS) is 11.8. The number of hydrogen-bond donors (Lipinski definition) is 1. The van der Waals surface area contributed by atoms with Gasteiger partial charge in [0, 0.05) is 0 Å². The molecule has 7 heteroatoms. The third kappa shape index (κ3) is 4.38. The van der Waals surface area contributed by atoms with Crippen LogP contribution >= 0.6 is 0 Å². The molecule has 0 saturated carbocycles. The second-order valence-electron chi connectivity index (χ2n) is 4.93. The molecule has 7 nitrogen and oxygen atoms in total. The van der Waals surface area contributed by atoms with Crippen molar-refractivity contribution in [1.29, 1.82) is 0 Å². The van der Waals surface area contributed by atoms with Gasteiger partial charge in [0.15, 0.2) is 6.10 Å². The van der Waals surface area contributed by atoms with E-state index in [4.69, 9.17) is 15.2 Å². The third-order valence-electron chi connectivity index (χ3n) is 3.24. The molecule has 122 valence electrons. The molecule has 0 aliphatic carbocycles. The summed E-state index contributed by atoms with van der Waals surface area (Å²) in [5.41, 5.74) is 6.92. The van der Waals surface area contributed by atoms with Crippen LogP contribution in [0.25, 0.3) is 0 Å². The van der Waals surface area contributed by atoms with Crippen LogP contribution in [-0.4, -0.2) is 27.2 Å². The minimum atomic E-state index is -0.692. The summed E-state index contributed by atoms with van der Waals surface area (Å²) in [6.45, 7) is 5.62. The van der Waals surface area contributed by atoms with Gasteiger partial charge >= 0.3 is 6.01 Å². The first-order valence-corrected chi connectivity index (χ1v) is 7.49. The molecular formula is C16H20N4O3. The number of amides is 1. The zero-order valence-electron chi connectivity index (χ0n) is 13.4. The Hall–Kier alpha value is -2.70. The average Bonchev–Trinajstić information content (AvgIpc) is 2.56. The number of aryl methyl sites for hydroxylation is 2. The number of carbonyl (C=O) groups is 1. The molecule has 0 saturated heterocycles. The van der Waals surface area contributed by atoms with Gasteiger partial charge in [0.2, 0.25) is 0 Å². The Bertz CT molecular complexity index is 674. The van der Waals surface area contributed by atoms with E-state index in [1.807, 2.05) is 13.8 Å². The topological polar surface area (TPSA) is 100 Å². The van der Waals surface area contributed by atoms with Gasteiger partial charge in [-0.15, -0.1) is 5.10 Å². The van der Waals surface area contributed by atoms with E-state index in [0.717, 1.165) is 24.2 Å². The lowest BCUT2D eigenvalue weighted by atomic mass is 10.2. The lowest BCUT2D eigenvalue weighted by molar-refractivity contribution is -0.123. The van der Waals surface area contributed by atoms with Gasteiger partial charge in [0.1, 0.15) is 11.5 Å². The van der Waals surface area contributed by atoms with E-state index in [1.165, 1.54) is 0 Å². The Labute approximate surface area is 134 Å². The Morgan fingerprint density at radius 1 is 1.09 bits per heavy atom. The van der Waals surface area contributed by atoms with Gasteiger partial charge in [-0.3, -0.25) is 4.79 Å². The second kappa shape index (κ2) is 7.53. The van der Waals surface area contributed by atoms with Gasteiger partial charge < -0.3 is 15.2 Å². The van der Waals surface area contributed by atoms with Crippen molar-refractivity contribution in [2.45, 2.75) is 39.7 Å². The molecule has 1 atom stereocenters. The van der Waals surface area contributed by atoms with Crippen LogP contribution in [0.15, 0.2) is 24.3 Å². The summed E-state index contributed by atoms with van der Waals surface area (Å²) in [6.07, 6.45) is 0.864. The number of aromatic nitrogens is 3. The minimum Gasteiger partial charge on any atom is -0.481 e. The Morgan fingerprint density at radius 2 is 1.70 bits per heavy atom. The number of nitrogens with zero attached hydrogens (tertiary/aromatic N) is 3. The summed E-state index contributed by atoms with van der Waals surface area (Å²) in [5.74, 6) is 0.559. The Balaban J connectivity index is 2.07. The quantitative estimate of drug-likeness (QED) is 0.839. The fourth-order valence-electron chi connectivity index (χ4n) is 1.92. The van der Waals surface area contributed by atoms with Crippen molar-refractivity contribution in [3.63, 3.8) is 0 Å². The molecule has 2 rings (SSSR count). The molecule has 1 heterocycles. The highest BCUT2D eigenvalue weighted by Crippen LogP contribution is 2.22. The SMILES string of the molecule is CCc1nnc(Oc2ccc(O[C@H](C)C(N)=O)cc2)nc1CC. The number of benzene rings is 1. The van der Waals surface area contributed by atoms with Crippen LogP contribution in [0.2, 0.25) is 0 Å². The van der Waals surface area contributed by atoms with Crippen LogP contribution in [0.5, 0.6) is 17.5 Å². The molecule has 0 aliphatic heterocycles. The zero-order valence-corrected chi connectivity index (χ0v) is 13.4. The number of carbonyl (C=O) groups excluding carboxylic acids is 1. The van der Waals surface area contributed by atoms with Gasteiger partial charge in [-0.1, -0.05) is 18.9 Å².